The fourth-order valence-corrected chi connectivity index (χ4v) is 1.61. The Kier molecular flexibility index (Phi) is 3.70. The second kappa shape index (κ2) is 4.58. The van der Waals surface area contributed by atoms with Gasteiger partial charge in [-0.2, -0.15) is 0 Å². The van der Waals surface area contributed by atoms with E-state index in [-0.39, 0.29) is 11.7 Å². The predicted molar refractivity (Wildman–Crippen MR) is 53.4 cm³/mol. The van der Waals surface area contributed by atoms with Crippen molar-refractivity contribution in [1.82, 2.24) is 0 Å². The van der Waals surface area contributed by atoms with Gasteiger partial charge in [-0.25, -0.2) is 0 Å². The zero-order valence-electron chi connectivity index (χ0n) is 8.29. The highest BCUT2D eigenvalue weighted by Crippen LogP contribution is 2.32. The van der Waals surface area contributed by atoms with Crippen molar-refractivity contribution in [3.05, 3.63) is 25.3 Å². The lowest BCUT2D eigenvalue weighted by molar-refractivity contribution is -0.219. The topological polar surface area (TPSA) is 18.5 Å². The van der Waals surface area contributed by atoms with E-state index < -0.39 is 0 Å². The number of allylic oxidation sites excluding steroid dienone is 2. The molecular formula is C11H18O2. The summed E-state index contributed by atoms with van der Waals surface area (Å²) >= 11 is 0. The molecule has 13 heavy (non-hydrogen) atoms. The van der Waals surface area contributed by atoms with Gasteiger partial charge in [-0.05, 0) is 19.8 Å². The van der Waals surface area contributed by atoms with Gasteiger partial charge in [-0.15, -0.1) is 13.2 Å². The van der Waals surface area contributed by atoms with Crippen molar-refractivity contribution >= 4 is 0 Å². The van der Waals surface area contributed by atoms with Gasteiger partial charge in [0.25, 0.3) is 0 Å². The van der Waals surface area contributed by atoms with E-state index in [4.69, 9.17) is 9.47 Å². The van der Waals surface area contributed by atoms with Gasteiger partial charge >= 0.3 is 0 Å². The Labute approximate surface area is 80.2 Å². The molecule has 1 rings (SSSR count). The highest BCUT2D eigenvalue weighted by Gasteiger charge is 2.33. The molecule has 0 bridgehead atoms. The smallest absolute Gasteiger partial charge is 0.154 e. The van der Waals surface area contributed by atoms with E-state index in [1.165, 1.54) is 0 Å². The molecule has 1 aliphatic rings. The zero-order chi connectivity index (χ0) is 9.73. The Balaban J connectivity index is 2.56. The highest BCUT2D eigenvalue weighted by atomic mass is 16.7. The summed E-state index contributed by atoms with van der Waals surface area (Å²) in [6, 6.07) is 0. The third-order valence-electron chi connectivity index (χ3n) is 2.40. The lowest BCUT2D eigenvalue weighted by Crippen LogP contribution is -2.40. The van der Waals surface area contributed by atoms with Crippen LogP contribution in [0.4, 0.5) is 0 Å². The minimum atomic E-state index is -0.0669. The van der Waals surface area contributed by atoms with Crippen LogP contribution in [0.5, 0.6) is 0 Å². The summed E-state index contributed by atoms with van der Waals surface area (Å²) in [5.41, 5.74) is 0.0794. The molecule has 0 N–H and O–H groups in total. The van der Waals surface area contributed by atoms with Gasteiger partial charge in [0.1, 0.15) is 0 Å². The van der Waals surface area contributed by atoms with E-state index in [1.807, 2.05) is 19.1 Å². The van der Waals surface area contributed by atoms with E-state index in [9.17, 15) is 0 Å². The fraction of sp³-hybridized carbons (Fsp3) is 0.636. The van der Waals surface area contributed by atoms with Gasteiger partial charge in [0, 0.05) is 5.41 Å². The zero-order valence-corrected chi connectivity index (χ0v) is 8.29. The average molecular weight is 182 g/mol. The largest absolute Gasteiger partial charge is 0.352 e. The first-order valence-electron chi connectivity index (χ1n) is 4.67. The minimum Gasteiger partial charge on any atom is -0.352 e. The molecule has 1 heterocycles. The van der Waals surface area contributed by atoms with Crippen LogP contribution in [0.15, 0.2) is 25.3 Å². The van der Waals surface area contributed by atoms with Gasteiger partial charge in [0.05, 0.1) is 13.2 Å². The molecule has 0 aliphatic carbocycles. The molecule has 2 heteroatoms. The second-order valence-electron chi connectivity index (χ2n) is 3.68. The van der Waals surface area contributed by atoms with Crippen LogP contribution in [0.2, 0.25) is 0 Å². The third-order valence-corrected chi connectivity index (χ3v) is 2.40. The standard InChI is InChI=1S/C11H18O2/c1-4-6-11(7-5-2)8-12-10(3)13-9-11/h4-5,10H,1-2,6-9H2,3H3. The Bertz CT molecular complexity index is 167. The lowest BCUT2D eigenvalue weighted by Gasteiger charge is -2.38. The first-order chi connectivity index (χ1) is 6.22. The van der Waals surface area contributed by atoms with Crippen LogP contribution in [0, 0.1) is 5.41 Å². The number of hydrogen-bond donors (Lipinski definition) is 0. The molecule has 0 aromatic carbocycles. The predicted octanol–water partition coefficient (Wildman–Crippen LogP) is 2.52. The normalized spacial score (nSPS) is 22.5. The molecule has 2 nitrogen and oxygen atoms in total. The van der Waals surface area contributed by atoms with Gasteiger partial charge < -0.3 is 9.47 Å². The van der Waals surface area contributed by atoms with Gasteiger partial charge in [0.15, 0.2) is 6.29 Å². The maximum Gasteiger partial charge on any atom is 0.154 e. The molecule has 0 spiro atoms. The molecule has 0 aromatic rings. The van der Waals surface area contributed by atoms with Crippen molar-refractivity contribution in [1.29, 1.82) is 0 Å². The molecule has 74 valence electrons. The van der Waals surface area contributed by atoms with Gasteiger partial charge in [0.2, 0.25) is 0 Å². The molecule has 0 radical (unpaired) electrons. The Hall–Kier alpha value is -0.600. The summed E-state index contributed by atoms with van der Waals surface area (Å²) < 4.78 is 11.0. The summed E-state index contributed by atoms with van der Waals surface area (Å²) in [5.74, 6) is 0. The van der Waals surface area contributed by atoms with Crippen molar-refractivity contribution < 1.29 is 9.47 Å². The first-order valence-corrected chi connectivity index (χ1v) is 4.67. The van der Waals surface area contributed by atoms with Crippen LogP contribution < -0.4 is 0 Å². The quantitative estimate of drug-likeness (QED) is 0.622. The summed E-state index contributed by atoms with van der Waals surface area (Å²) in [5, 5.41) is 0. The first kappa shape index (κ1) is 10.5. The summed E-state index contributed by atoms with van der Waals surface area (Å²) in [7, 11) is 0. The third kappa shape index (κ3) is 2.68. The van der Waals surface area contributed by atoms with Crippen molar-refractivity contribution in [2.24, 2.45) is 5.41 Å². The van der Waals surface area contributed by atoms with Crippen LogP contribution in [0.25, 0.3) is 0 Å². The number of hydrogen-bond acceptors (Lipinski definition) is 2. The molecule has 0 aromatic heterocycles. The average Bonchev–Trinajstić information content (AvgIpc) is 2.11. The Morgan fingerprint density at radius 2 is 1.69 bits per heavy atom. The number of rotatable bonds is 4. The van der Waals surface area contributed by atoms with Crippen LogP contribution in [-0.4, -0.2) is 19.5 Å². The van der Waals surface area contributed by atoms with E-state index >= 15 is 0 Å². The van der Waals surface area contributed by atoms with E-state index in [0.717, 1.165) is 26.1 Å². The van der Waals surface area contributed by atoms with E-state index in [1.54, 1.807) is 0 Å². The molecule has 0 unspecified atom stereocenters. The van der Waals surface area contributed by atoms with Gasteiger partial charge in [-0.1, -0.05) is 12.2 Å². The van der Waals surface area contributed by atoms with Crippen LogP contribution in [-0.2, 0) is 9.47 Å². The Morgan fingerprint density at radius 3 is 2.08 bits per heavy atom. The lowest BCUT2D eigenvalue weighted by atomic mass is 9.82. The fourth-order valence-electron chi connectivity index (χ4n) is 1.61. The van der Waals surface area contributed by atoms with Crippen LogP contribution >= 0.6 is 0 Å². The molecule has 0 atom stereocenters. The van der Waals surface area contributed by atoms with E-state index in [2.05, 4.69) is 13.2 Å². The molecule has 1 fully saturated rings. The highest BCUT2D eigenvalue weighted by molar-refractivity contribution is 4.92. The molecular weight excluding hydrogens is 164 g/mol. The molecule has 0 saturated carbocycles. The van der Waals surface area contributed by atoms with Crippen LogP contribution in [0.1, 0.15) is 19.8 Å². The van der Waals surface area contributed by atoms with Crippen molar-refractivity contribution in [2.45, 2.75) is 26.1 Å². The summed E-state index contributed by atoms with van der Waals surface area (Å²) in [6.45, 7) is 10.9. The van der Waals surface area contributed by atoms with Crippen molar-refractivity contribution in [2.75, 3.05) is 13.2 Å². The molecule has 1 saturated heterocycles. The summed E-state index contributed by atoms with van der Waals surface area (Å²) in [4.78, 5) is 0. The number of ether oxygens (including phenoxy) is 2. The Morgan fingerprint density at radius 1 is 1.23 bits per heavy atom. The molecule has 0 amide bonds. The maximum absolute atomic E-state index is 5.48. The monoisotopic (exact) mass is 182 g/mol. The van der Waals surface area contributed by atoms with Crippen LogP contribution in [0.3, 0.4) is 0 Å². The van der Waals surface area contributed by atoms with Crippen molar-refractivity contribution in [3.63, 3.8) is 0 Å². The van der Waals surface area contributed by atoms with E-state index in [0.29, 0.717) is 0 Å². The van der Waals surface area contributed by atoms with Crippen molar-refractivity contribution in [3.8, 4) is 0 Å². The SMILES string of the molecule is C=CCC1(CC=C)COC(C)OC1. The summed E-state index contributed by atoms with van der Waals surface area (Å²) in [6.07, 6.45) is 5.62. The van der Waals surface area contributed by atoms with Gasteiger partial charge in [-0.3, -0.25) is 0 Å². The maximum atomic E-state index is 5.48. The minimum absolute atomic E-state index is 0.0669. The molecule has 1 aliphatic heterocycles. The second-order valence-corrected chi connectivity index (χ2v) is 3.68.